The maximum absolute atomic E-state index is 13.2. The number of carbonyl (C=O) groups excluding carboxylic acids is 1. The van der Waals surface area contributed by atoms with Crippen molar-refractivity contribution < 1.29 is 22.7 Å². The molecule has 2 aromatic rings. The van der Waals surface area contributed by atoms with E-state index < -0.39 is 15.3 Å². The van der Waals surface area contributed by atoms with E-state index in [0.717, 1.165) is 11.3 Å². The van der Waals surface area contributed by atoms with Crippen molar-refractivity contribution in [2.75, 3.05) is 33.9 Å². The highest BCUT2D eigenvalue weighted by Gasteiger charge is 2.47. The van der Waals surface area contributed by atoms with Gasteiger partial charge in [-0.2, -0.15) is 4.31 Å². The molecule has 8 heteroatoms. The van der Waals surface area contributed by atoms with Crippen LogP contribution < -0.4 is 9.47 Å². The Labute approximate surface area is 183 Å². The topological polar surface area (TPSA) is 76.2 Å². The zero-order chi connectivity index (χ0) is 22.0. The van der Waals surface area contributed by atoms with Crippen LogP contribution in [0.4, 0.5) is 0 Å². The van der Waals surface area contributed by atoms with Crippen molar-refractivity contribution in [1.29, 1.82) is 0 Å². The number of hydrogen-bond donors (Lipinski definition) is 0. The van der Waals surface area contributed by atoms with Crippen molar-refractivity contribution >= 4 is 15.9 Å². The van der Waals surface area contributed by atoms with Gasteiger partial charge in [0.2, 0.25) is 10.0 Å². The lowest BCUT2D eigenvalue weighted by Gasteiger charge is -2.22. The number of methoxy groups -OCH3 is 2. The Morgan fingerprint density at radius 3 is 2.42 bits per heavy atom. The number of ether oxygens (including phenoxy) is 2. The molecule has 0 N–H and O–H groups in total. The molecule has 0 unspecified atom stereocenters. The summed E-state index contributed by atoms with van der Waals surface area (Å²) in [5, 5.41) is -0.436. The van der Waals surface area contributed by atoms with Gasteiger partial charge in [-0.3, -0.25) is 4.79 Å². The molecule has 0 spiro atoms. The van der Waals surface area contributed by atoms with E-state index in [1.165, 1.54) is 0 Å². The summed E-state index contributed by atoms with van der Waals surface area (Å²) in [5.41, 5.74) is 1.51. The first-order valence-corrected chi connectivity index (χ1v) is 12.0. The lowest BCUT2D eigenvalue weighted by molar-refractivity contribution is 0.0758. The summed E-state index contributed by atoms with van der Waals surface area (Å²) in [6.07, 6.45) is 1.14. The lowest BCUT2D eigenvalue weighted by atomic mass is 10.0. The predicted octanol–water partition coefficient (Wildman–Crippen LogP) is 2.77. The van der Waals surface area contributed by atoms with Crippen LogP contribution in [0.2, 0.25) is 0 Å². The minimum absolute atomic E-state index is 0.0337. The molecule has 0 aliphatic carbocycles. The summed E-state index contributed by atoms with van der Waals surface area (Å²) >= 11 is 0. The van der Waals surface area contributed by atoms with Crippen molar-refractivity contribution in [3.8, 4) is 11.5 Å². The fourth-order valence-electron chi connectivity index (χ4n) is 4.53. The minimum atomic E-state index is -3.41. The zero-order valence-electron chi connectivity index (χ0n) is 17.9. The van der Waals surface area contributed by atoms with Gasteiger partial charge < -0.3 is 14.4 Å². The fourth-order valence-corrected chi connectivity index (χ4v) is 6.75. The van der Waals surface area contributed by atoms with E-state index in [1.54, 1.807) is 47.7 Å². The van der Waals surface area contributed by atoms with Gasteiger partial charge in [-0.15, -0.1) is 0 Å². The standard InChI is InChI=1S/C23H28N2O5S/c1-29-20-8-6-17(7-9-20)15-25-16-19-10-12-24(13-11-22(19)31(25,27)28)23(26)18-4-3-5-21(14-18)30-2/h3-9,14,19,22H,10-13,15-16H2,1-2H3/t19-,22-/m1/s1. The van der Waals surface area contributed by atoms with Crippen molar-refractivity contribution in [3.05, 3.63) is 59.7 Å². The molecule has 31 heavy (non-hydrogen) atoms. The van der Waals surface area contributed by atoms with E-state index in [0.29, 0.717) is 50.3 Å². The van der Waals surface area contributed by atoms with Gasteiger partial charge in [0, 0.05) is 31.7 Å². The first-order valence-electron chi connectivity index (χ1n) is 10.5. The first-order chi connectivity index (χ1) is 14.9. The summed E-state index contributed by atoms with van der Waals surface area (Å²) in [6, 6.07) is 14.6. The molecule has 0 aromatic heterocycles. The third-order valence-corrected chi connectivity index (χ3v) is 8.67. The maximum atomic E-state index is 13.2. The third-order valence-electron chi connectivity index (χ3n) is 6.28. The number of sulfonamides is 1. The molecule has 166 valence electrons. The van der Waals surface area contributed by atoms with Gasteiger partial charge >= 0.3 is 0 Å². The van der Waals surface area contributed by atoms with E-state index in [9.17, 15) is 13.2 Å². The largest absolute Gasteiger partial charge is 0.497 e. The summed E-state index contributed by atoms with van der Waals surface area (Å²) in [7, 11) is -0.230. The lowest BCUT2D eigenvalue weighted by Crippen LogP contribution is -2.34. The average molecular weight is 445 g/mol. The predicted molar refractivity (Wildman–Crippen MR) is 118 cm³/mol. The van der Waals surface area contributed by atoms with E-state index in [1.807, 2.05) is 24.3 Å². The Morgan fingerprint density at radius 2 is 1.71 bits per heavy atom. The van der Waals surface area contributed by atoms with Crippen molar-refractivity contribution in [1.82, 2.24) is 9.21 Å². The molecule has 2 aliphatic rings. The number of benzene rings is 2. The number of carbonyl (C=O) groups is 1. The monoisotopic (exact) mass is 444 g/mol. The molecular weight excluding hydrogens is 416 g/mol. The number of hydrogen-bond acceptors (Lipinski definition) is 5. The van der Waals surface area contributed by atoms with E-state index >= 15 is 0 Å². The highest BCUT2D eigenvalue weighted by atomic mass is 32.2. The molecule has 2 heterocycles. The van der Waals surface area contributed by atoms with Crippen molar-refractivity contribution in [2.45, 2.75) is 24.6 Å². The Hall–Kier alpha value is -2.58. The van der Waals surface area contributed by atoms with Gasteiger partial charge in [-0.05, 0) is 54.7 Å². The Morgan fingerprint density at radius 1 is 1.00 bits per heavy atom. The molecule has 2 saturated heterocycles. The van der Waals surface area contributed by atoms with Crippen LogP contribution in [-0.2, 0) is 16.6 Å². The highest BCUT2D eigenvalue weighted by Crippen LogP contribution is 2.35. The minimum Gasteiger partial charge on any atom is -0.497 e. The second-order valence-electron chi connectivity index (χ2n) is 8.09. The molecule has 1 amide bonds. The van der Waals surface area contributed by atoms with E-state index in [2.05, 4.69) is 0 Å². The number of fused-ring (bicyclic) bond motifs is 1. The Balaban J connectivity index is 1.44. The van der Waals surface area contributed by atoms with Crippen molar-refractivity contribution in [2.24, 2.45) is 5.92 Å². The molecule has 0 bridgehead atoms. The van der Waals surface area contributed by atoms with Crippen LogP contribution >= 0.6 is 0 Å². The number of likely N-dealkylation sites (tertiary alicyclic amines) is 1. The summed E-state index contributed by atoms with van der Waals surface area (Å²) in [6.45, 7) is 1.86. The normalized spacial score (nSPS) is 23.1. The second-order valence-corrected chi connectivity index (χ2v) is 10.2. The van der Waals surface area contributed by atoms with Crippen LogP contribution in [-0.4, -0.2) is 62.6 Å². The van der Waals surface area contributed by atoms with Crippen LogP contribution in [0.3, 0.4) is 0 Å². The quantitative estimate of drug-likeness (QED) is 0.709. The third kappa shape index (κ3) is 4.41. The molecule has 2 atom stereocenters. The summed E-state index contributed by atoms with van der Waals surface area (Å²) in [5.74, 6) is 1.34. The van der Waals surface area contributed by atoms with Crippen LogP contribution in [0.1, 0.15) is 28.8 Å². The average Bonchev–Trinajstić information content (AvgIpc) is 2.92. The molecule has 2 aromatic carbocycles. The summed E-state index contributed by atoms with van der Waals surface area (Å²) in [4.78, 5) is 14.7. The Bertz CT molecular complexity index is 1040. The molecule has 0 saturated carbocycles. The van der Waals surface area contributed by atoms with Gasteiger partial charge in [0.1, 0.15) is 11.5 Å². The smallest absolute Gasteiger partial charge is 0.253 e. The molecule has 2 fully saturated rings. The van der Waals surface area contributed by atoms with E-state index in [-0.39, 0.29) is 11.8 Å². The van der Waals surface area contributed by atoms with Crippen molar-refractivity contribution in [3.63, 3.8) is 0 Å². The maximum Gasteiger partial charge on any atom is 0.253 e. The van der Waals surface area contributed by atoms with E-state index in [4.69, 9.17) is 9.47 Å². The molecule has 4 rings (SSSR count). The van der Waals surface area contributed by atoms with Crippen LogP contribution in [0.25, 0.3) is 0 Å². The van der Waals surface area contributed by atoms with Crippen LogP contribution in [0, 0.1) is 5.92 Å². The van der Waals surface area contributed by atoms with Crippen LogP contribution in [0.5, 0.6) is 11.5 Å². The molecular formula is C23H28N2O5S. The highest BCUT2D eigenvalue weighted by molar-refractivity contribution is 7.90. The SMILES string of the molecule is COc1ccc(CN2C[C@H]3CCN(C(=O)c4cccc(OC)c4)CC[C@H]3S2(=O)=O)cc1. The number of amides is 1. The van der Waals surface area contributed by atoms with Gasteiger partial charge in [0.25, 0.3) is 5.91 Å². The first kappa shape index (κ1) is 21.6. The number of rotatable bonds is 5. The molecule has 2 aliphatic heterocycles. The molecule has 0 radical (unpaired) electrons. The second kappa shape index (κ2) is 8.88. The van der Waals surface area contributed by atoms with Gasteiger partial charge in [0.05, 0.1) is 19.5 Å². The zero-order valence-corrected chi connectivity index (χ0v) is 18.7. The molecule has 7 nitrogen and oxygen atoms in total. The summed E-state index contributed by atoms with van der Waals surface area (Å²) < 4.78 is 38.4. The van der Waals surface area contributed by atoms with Crippen LogP contribution in [0.15, 0.2) is 48.5 Å². The van der Waals surface area contributed by atoms with Gasteiger partial charge in [-0.25, -0.2) is 8.42 Å². The van der Waals surface area contributed by atoms with Gasteiger partial charge in [0.15, 0.2) is 0 Å². The Kier molecular flexibility index (Phi) is 6.20. The van der Waals surface area contributed by atoms with Gasteiger partial charge in [-0.1, -0.05) is 18.2 Å². The fraction of sp³-hybridized carbons (Fsp3) is 0.435. The number of nitrogens with zero attached hydrogens (tertiary/aromatic N) is 2.